The molecule has 0 radical (unpaired) electrons. The van der Waals surface area contributed by atoms with E-state index >= 15 is 0 Å². The first-order valence-electron chi connectivity index (χ1n) is 9.65. The highest BCUT2D eigenvalue weighted by atomic mass is 16.5. The van der Waals surface area contributed by atoms with Gasteiger partial charge in [0, 0.05) is 23.1 Å². The number of carboxylic acids is 1. The minimum Gasteiger partial charge on any atom is -0.496 e. The van der Waals surface area contributed by atoms with Crippen molar-refractivity contribution < 1.29 is 19.4 Å². The standard InChI is InChI=1S/C22H23N3O4/c1-13-9-10-25(18(11-13)15-5-3-4-6-19(15)29-2)21(26)14-7-8-17-16(12-14)20(22(27)28)24-23-17/h3-8,12-13,18H,9-11H2,1-2H3,(H,23,24)(H,27,28)/t13-,18+/m1/s1. The minimum absolute atomic E-state index is 0.0804. The molecule has 150 valence electrons. The van der Waals surface area contributed by atoms with E-state index in [4.69, 9.17) is 4.74 Å². The third-order valence-corrected chi connectivity index (χ3v) is 5.64. The maximum absolute atomic E-state index is 13.4. The number of piperidine rings is 1. The number of nitrogens with one attached hydrogen (secondary N) is 1. The van der Waals surface area contributed by atoms with Gasteiger partial charge in [-0.05, 0) is 43.0 Å². The lowest BCUT2D eigenvalue weighted by Crippen LogP contribution is -2.40. The highest BCUT2D eigenvalue weighted by Crippen LogP contribution is 2.39. The Hall–Kier alpha value is -3.35. The van der Waals surface area contributed by atoms with Crippen LogP contribution in [0.5, 0.6) is 5.75 Å². The van der Waals surface area contributed by atoms with Crippen LogP contribution in [0.4, 0.5) is 0 Å². The van der Waals surface area contributed by atoms with Crippen molar-refractivity contribution in [3.8, 4) is 5.75 Å². The summed E-state index contributed by atoms with van der Waals surface area (Å²) in [6, 6.07) is 12.7. The SMILES string of the molecule is COc1ccccc1[C@@H]1C[C@H](C)CCN1C(=O)c1ccc2[nH]nc(C(=O)O)c2c1. The van der Waals surface area contributed by atoms with Gasteiger partial charge in [-0.1, -0.05) is 25.1 Å². The van der Waals surface area contributed by atoms with Gasteiger partial charge in [-0.15, -0.1) is 0 Å². The fourth-order valence-electron chi connectivity index (χ4n) is 4.10. The Morgan fingerprint density at radius 2 is 2.03 bits per heavy atom. The van der Waals surface area contributed by atoms with Crippen LogP contribution in [0.25, 0.3) is 10.9 Å². The lowest BCUT2D eigenvalue weighted by molar-refractivity contribution is 0.0554. The number of hydrogen-bond acceptors (Lipinski definition) is 4. The number of aromatic amines is 1. The topological polar surface area (TPSA) is 95.5 Å². The Morgan fingerprint density at radius 3 is 2.79 bits per heavy atom. The summed E-state index contributed by atoms with van der Waals surface area (Å²) in [5, 5.41) is 16.3. The molecular formula is C22H23N3O4. The largest absolute Gasteiger partial charge is 0.496 e. The van der Waals surface area contributed by atoms with Crippen molar-refractivity contribution in [2.24, 2.45) is 5.92 Å². The molecule has 1 aromatic heterocycles. The summed E-state index contributed by atoms with van der Waals surface area (Å²) < 4.78 is 5.54. The van der Waals surface area contributed by atoms with E-state index in [-0.39, 0.29) is 17.6 Å². The molecule has 2 atom stereocenters. The van der Waals surface area contributed by atoms with E-state index < -0.39 is 5.97 Å². The van der Waals surface area contributed by atoms with Gasteiger partial charge in [0.25, 0.3) is 5.91 Å². The molecule has 0 spiro atoms. The zero-order chi connectivity index (χ0) is 20.5. The molecule has 7 heteroatoms. The first-order chi connectivity index (χ1) is 14.0. The fourth-order valence-corrected chi connectivity index (χ4v) is 4.10. The minimum atomic E-state index is -1.13. The average molecular weight is 393 g/mol. The van der Waals surface area contributed by atoms with Crippen LogP contribution in [0, 0.1) is 5.92 Å². The number of carboxylic acid groups (broad SMARTS) is 1. The number of ether oxygens (including phenoxy) is 1. The Kier molecular flexibility index (Phi) is 4.96. The first kappa shape index (κ1) is 19.0. The highest BCUT2D eigenvalue weighted by Gasteiger charge is 2.33. The van der Waals surface area contributed by atoms with Crippen LogP contribution in [-0.4, -0.2) is 45.7 Å². The number of likely N-dealkylation sites (tertiary alicyclic amines) is 1. The number of carbonyl (C=O) groups is 2. The Morgan fingerprint density at radius 1 is 1.24 bits per heavy atom. The number of carbonyl (C=O) groups excluding carboxylic acids is 1. The van der Waals surface area contributed by atoms with Crippen molar-refractivity contribution in [2.75, 3.05) is 13.7 Å². The van der Waals surface area contributed by atoms with Crippen molar-refractivity contribution >= 4 is 22.8 Å². The quantitative estimate of drug-likeness (QED) is 0.701. The van der Waals surface area contributed by atoms with Crippen molar-refractivity contribution in [1.82, 2.24) is 15.1 Å². The predicted molar refractivity (Wildman–Crippen MR) is 108 cm³/mol. The lowest BCUT2D eigenvalue weighted by atomic mass is 9.87. The molecule has 1 aliphatic heterocycles. The second-order valence-corrected chi connectivity index (χ2v) is 7.52. The van der Waals surface area contributed by atoms with Crippen LogP contribution in [0.1, 0.15) is 52.2 Å². The molecule has 0 unspecified atom stereocenters. The number of aromatic carboxylic acids is 1. The summed E-state index contributed by atoms with van der Waals surface area (Å²) in [7, 11) is 1.64. The third kappa shape index (κ3) is 3.44. The van der Waals surface area contributed by atoms with Gasteiger partial charge in [0.05, 0.1) is 18.7 Å². The van der Waals surface area contributed by atoms with E-state index in [2.05, 4.69) is 17.1 Å². The van der Waals surface area contributed by atoms with Gasteiger partial charge >= 0.3 is 5.97 Å². The number of fused-ring (bicyclic) bond motifs is 1. The molecule has 1 fully saturated rings. The molecular weight excluding hydrogens is 370 g/mol. The van der Waals surface area contributed by atoms with Crippen LogP contribution in [0.3, 0.4) is 0 Å². The summed E-state index contributed by atoms with van der Waals surface area (Å²) in [5.74, 6) is 0.0126. The van der Waals surface area contributed by atoms with Gasteiger partial charge in [0.2, 0.25) is 0 Å². The predicted octanol–water partition coefficient (Wildman–Crippen LogP) is 3.88. The van der Waals surface area contributed by atoms with Gasteiger partial charge < -0.3 is 14.7 Å². The molecule has 0 aliphatic carbocycles. The number of benzene rings is 2. The van der Waals surface area contributed by atoms with E-state index in [0.717, 1.165) is 24.2 Å². The molecule has 1 aliphatic rings. The molecule has 0 saturated carbocycles. The summed E-state index contributed by atoms with van der Waals surface area (Å²) in [5.41, 5.74) is 1.96. The van der Waals surface area contributed by atoms with E-state index in [1.165, 1.54) is 0 Å². The maximum atomic E-state index is 13.4. The Bertz CT molecular complexity index is 1070. The number of hydrogen-bond donors (Lipinski definition) is 2. The number of aromatic nitrogens is 2. The second-order valence-electron chi connectivity index (χ2n) is 7.52. The normalized spacial score (nSPS) is 19.3. The van der Waals surface area contributed by atoms with Crippen molar-refractivity contribution in [3.63, 3.8) is 0 Å². The molecule has 0 bridgehead atoms. The second kappa shape index (κ2) is 7.58. The molecule has 7 nitrogen and oxygen atoms in total. The van der Waals surface area contributed by atoms with Gasteiger partial charge in [-0.3, -0.25) is 9.89 Å². The van der Waals surface area contributed by atoms with Gasteiger partial charge in [0.15, 0.2) is 5.69 Å². The number of H-pyrrole nitrogens is 1. The molecule has 1 amide bonds. The maximum Gasteiger partial charge on any atom is 0.357 e. The molecule has 29 heavy (non-hydrogen) atoms. The Balaban J connectivity index is 1.73. The smallest absolute Gasteiger partial charge is 0.357 e. The van der Waals surface area contributed by atoms with E-state index in [9.17, 15) is 14.7 Å². The fraction of sp³-hybridized carbons (Fsp3) is 0.318. The summed E-state index contributed by atoms with van der Waals surface area (Å²) in [6.07, 6.45) is 1.77. The number of amides is 1. The molecule has 2 N–H and O–H groups in total. The van der Waals surface area contributed by atoms with Crippen LogP contribution < -0.4 is 4.74 Å². The molecule has 4 rings (SSSR count). The van der Waals surface area contributed by atoms with Gasteiger partial charge in [-0.25, -0.2) is 4.79 Å². The van der Waals surface area contributed by atoms with Crippen molar-refractivity contribution in [3.05, 3.63) is 59.3 Å². The molecule has 2 aromatic carbocycles. The number of rotatable bonds is 4. The van der Waals surface area contributed by atoms with Crippen LogP contribution >= 0.6 is 0 Å². The molecule has 3 aromatic rings. The monoisotopic (exact) mass is 393 g/mol. The summed E-state index contributed by atoms with van der Waals surface area (Å²) >= 11 is 0. The lowest BCUT2D eigenvalue weighted by Gasteiger charge is -2.39. The first-order valence-corrected chi connectivity index (χ1v) is 9.65. The van der Waals surface area contributed by atoms with Crippen LogP contribution in [0.15, 0.2) is 42.5 Å². The number of methoxy groups -OCH3 is 1. The molecule has 2 heterocycles. The molecule has 1 saturated heterocycles. The summed E-state index contributed by atoms with van der Waals surface area (Å²) in [6.45, 7) is 2.83. The van der Waals surface area contributed by atoms with Crippen molar-refractivity contribution in [2.45, 2.75) is 25.8 Å². The van der Waals surface area contributed by atoms with E-state index in [1.54, 1.807) is 25.3 Å². The number of para-hydroxylation sites is 1. The summed E-state index contributed by atoms with van der Waals surface area (Å²) in [4.78, 5) is 26.7. The van der Waals surface area contributed by atoms with Gasteiger partial charge in [-0.2, -0.15) is 5.10 Å². The van der Waals surface area contributed by atoms with Crippen molar-refractivity contribution in [1.29, 1.82) is 0 Å². The third-order valence-electron chi connectivity index (χ3n) is 5.64. The van der Waals surface area contributed by atoms with Gasteiger partial charge in [0.1, 0.15) is 5.75 Å². The average Bonchev–Trinajstić information content (AvgIpc) is 3.16. The van der Waals surface area contributed by atoms with Crippen LogP contribution in [0.2, 0.25) is 0 Å². The van der Waals surface area contributed by atoms with E-state index in [1.807, 2.05) is 29.2 Å². The Labute approximate surface area is 168 Å². The number of nitrogens with zero attached hydrogens (tertiary/aromatic N) is 2. The zero-order valence-electron chi connectivity index (χ0n) is 16.4. The van der Waals surface area contributed by atoms with Crippen LogP contribution in [-0.2, 0) is 0 Å². The zero-order valence-corrected chi connectivity index (χ0v) is 16.4. The van der Waals surface area contributed by atoms with E-state index in [0.29, 0.717) is 28.9 Å². The highest BCUT2D eigenvalue weighted by molar-refractivity contribution is 6.04.